The lowest BCUT2D eigenvalue weighted by molar-refractivity contribution is 0.392. The number of halogens is 2. The van der Waals surface area contributed by atoms with Gasteiger partial charge in [0.1, 0.15) is 17.7 Å². The molecule has 2 aromatic carbocycles. The largest absolute Gasteiger partial charge is 0.380 e. The summed E-state index contributed by atoms with van der Waals surface area (Å²) in [6, 6.07) is 11.0. The first-order valence-electron chi connectivity index (χ1n) is 6.85. The van der Waals surface area contributed by atoms with Crippen molar-refractivity contribution in [2.24, 2.45) is 0 Å². The van der Waals surface area contributed by atoms with Crippen LogP contribution < -0.4 is 5.32 Å². The third kappa shape index (κ3) is 4.03. The first kappa shape index (κ1) is 15.9. The van der Waals surface area contributed by atoms with E-state index in [1.54, 1.807) is 6.07 Å². The highest BCUT2D eigenvalue weighted by Gasteiger charge is 2.07. The van der Waals surface area contributed by atoms with Crippen LogP contribution in [0.15, 0.2) is 36.4 Å². The van der Waals surface area contributed by atoms with Crippen LogP contribution in [0.4, 0.5) is 14.5 Å². The normalized spacial score (nSPS) is 10.5. The Hall–Kier alpha value is -2.45. The number of nitrogens with zero attached hydrogens (tertiary/aromatic N) is 2. The zero-order chi connectivity index (χ0) is 16.1. The molecule has 0 heterocycles. The standard InChI is InChI=1S/C17H17F2N3/c1-22(2)11-13-4-3-12(7-16(13)19)10-21-17-6-5-15(18)8-14(17)9-20/h3-8,21H,10-11H2,1-2H3. The van der Waals surface area contributed by atoms with Gasteiger partial charge in [0.25, 0.3) is 0 Å². The predicted octanol–water partition coefficient (Wildman–Crippen LogP) is 3.51. The Morgan fingerprint density at radius 3 is 2.55 bits per heavy atom. The van der Waals surface area contributed by atoms with Gasteiger partial charge in [-0.3, -0.25) is 0 Å². The minimum Gasteiger partial charge on any atom is -0.380 e. The molecule has 0 amide bonds. The number of nitrogens with one attached hydrogen (secondary N) is 1. The molecule has 0 saturated heterocycles. The van der Waals surface area contributed by atoms with Crippen LogP contribution >= 0.6 is 0 Å². The summed E-state index contributed by atoms with van der Waals surface area (Å²) in [7, 11) is 3.76. The molecule has 5 heteroatoms. The number of rotatable bonds is 5. The van der Waals surface area contributed by atoms with Gasteiger partial charge < -0.3 is 10.2 Å². The molecular weight excluding hydrogens is 284 g/mol. The van der Waals surface area contributed by atoms with E-state index in [0.717, 1.165) is 5.56 Å². The van der Waals surface area contributed by atoms with Crippen molar-refractivity contribution in [3.8, 4) is 6.07 Å². The minimum absolute atomic E-state index is 0.227. The summed E-state index contributed by atoms with van der Waals surface area (Å²) >= 11 is 0. The first-order chi connectivity index (χ1) is 10.5. The topological polar surface area (TPSA) is 39.1 Å². The van der Waals surface area contributed by atoms with Crippen molar-refractivity contribution in [1.29, 1.82) is 5.26 Å². The minimum atomic E-state index is -0.457. The lowest BCUT2D eigenvalue weighted by Gasteiger charge is -2.12. The smallest absolute Gasteiger partial charge is 0.128 e. The van der Waals surface area contributed by atoms with Crippen LogP contribution in [0.25, 0.3) is 0 Å². The molecule has 0 unspecified atom stereocenters. The summed E-state index contributed by atoms with van der Waals surface area (Å²) in [6.45, 7) is 0.898. The van der Waals surface area contributed by atoms with Crippen LogP contribution in [0, 0.1) is 23.0 Å². The molecule has 0 aliphatic heterocycles. The van der Waals surface area contributed by atoms with E-state index in [4.69, 9.17) is 5.26 Å². The van der Waals surface area contributed by atoms with Gasteiger partial charge in [-0.2, -0.15) is 5.26 Å². The molecule has 0 saturated carbocycles. The van der Waals surface area contributed by atoms with Gasteiger partial charge in [0.2, 0.25) is 0 Å². The second-order valence-electron chi connectivity index (χ2n) is 5.32. The van der Waals surface area contributed by atoms with E-state index in [1.807, 2.05) is 31.1 Å². The third-order valence-corrected chi connectivity index (χ3v) is 3.19. The fourth-order valence-corrected chi connectivity index (χ4v) is 2.13. The van der Waals surface area contributed by atoms with Gasteiger partial charge in [-0.1, -0.05) is 12.1 Å². The molecule has 0 aromatic heterocycles. The van der Waals surface area contributed by atoms with E-state index in [1.165, 1.54) is 24.3 Å². The zero-order valence-electron chi connectivity index (χ0n) is 12.5. The van der Waals surface area contributed by atoms with Crippen molar-refractivity contribution in [3.05, 3.63) is 64.7 Å². The lowest BCUT2D eigenvalue weighted by Crippen LogP contribution is -2.12. The lowest BCUT2D eigenvalue weighted by atomic mass is 10.1. The number of benzene rings is 2. The summed E-state index contributed by atoms with van der Waals surface area (Å²) < 4.78 is 27.0. The van der Waals surface area contributed by atoms with Crippen molar-refractivity contribution >= 4 is 5.69 Å². The van der Waals surface area contributed by atoms with Crippen LogP contribution in [-0.4, -0.2) is 19.0 Å². The van der Waals surface area contributed by atoms with Crippen molar-refractivity contribution in [2.45, 2.75) is 13.1 Å². The van der Waals surface area contributed by atoms with Crippen molar-refractivity contribution in [2.75, 3.05) is 19.4 Å². The van der Waals surface area contributed by atoms with Gasteiger partial charge in [-0.05, 0) is 43.9 Å². The average molecular weight is 301 g/mol. The summed E-state index contributed by atoms with van der Waals surface area (Å²) in [5, 5.41) is 12.0. The predicted molar refractivity (Wildman–Crippen MR) is 82.2 cm³/mol. The number of nitriles is 1. The van der Waals surface area contributed by atoms with Crippen LogP contribution in [0.2, 0.25) is 0 Å². The number of hydrogen-bond donors (Lipinski definition) is 1. The van der Waals surface area contributed by atoms with Gasteiger partial charge in [0.05, 0.1) is 11.3 Å². The Kier molecular flexibility index (Phi) is 5.08. The third-order valence-electron chi connectivity index (χ3n) is 3.19. The van der Waals surface area contributed by atoms with Crippen molar-refractivity contribution < 1.29 is 8.78 Å². The second kappa shape index (κ2) is 7.01. The quantitative estimate of drug-likeness (QED) is 0.918. The summed E-state index contributed by atoms with van der Waals surface area (Å²) in [6.07, 6.45) is 0. The Balaban J connectivity index is 2.09. The molecule has 0 aliphatic carbocycles. The van der Waals surface area contributed by atoms with Gasteiger partial charge in [-0.15, -0.1) is 0 Å². The highest BCUT2D eigenvalue weighted by molar-refractivity contribution is 5.57. The second-order valence-corrected chi connectivity index (χ2v) is 5.32. The molecular formula is C17H17F2N3. The molecule has 22 heavy (non-hydrogen) atoms. The van der Waals surface area contributed by atoms with E-state index in [2.05, 4.69) is 5.32 Å². The van der Waals surface area contributed by atoms with Crippen LogP contribution in [0.5, 0.6) is 0 Å². The average Bonchev–Trinajstić information content (AvgIpc) is 2.48. The maximum Gasteiger partial charge on any atom is 0.128 e. The van der Waals surface area contributed by atoms with E-state index >= 15 is 0 Å². The molecule has 1 N–H and O–H groups in total. The van der Waals surface area contributed by atoms with E-state index in [-0.39, 0.29) is 11.4 Å². The van der Waals surface area contributed by atoms with Gasteiger partial charge in [0, 0.05) is 18.7 Å². The summed E-state index contributed by atoms with van der Waals surface area (Å²) in [4.78, 5) is 1.90. The maximum atomic E-state index is 14.0. The summed E-state index contributed by atoms with van der Waals surface area (Å²) in [5.74, 6) is -0.714. The Morgan fingerprint density at radius 2 is 1.91 bits per heavy atom. The molecule has 0 aliphatic rings. The fraction of sp³-hybridized carbons (Fsp3) is 0.235. The molecule has 0 spiro atoms. The summed E-state index contributed by atoms with van der Waals surface area (Å²) in [5.41, 5.74) is 2.15. The van der Waals surface area contributed by atoms with Crippen LogP contribution in [0.1, 0.15) is 16.7 Å². The highest BCUT2D eigenvalue weighted by atomic mass is 19.1. The molecule has 114 valence electrons. The van der Waals surface area contributed by atoms with Crippen molar-refractivity contribution in [3.63, 3.8) is 0 Å². The SMILES string of the molecule is CN(C)Cc1ccc(CNc2ccc(F)cc2C#N)cc1F. The monoisotopic (exact) mass is 301 g/mol. The number of hydrogen-bond acceptors (Lipinski definition) is 3. The van der Waals surface area contributed by atoms with E-state index in [0.29, 0.717) is 24.3 Å². The van der Waals surface area contributed by atoms with Crippen LogP contribution in [-0.2, 0) is 13.1 Å². The van der Waals surface area contributed by atoms with E-state index < -0.39 is 5.82 Å². The van der Waals surface area contributed by atoms with Gasteiger partial charge >= 0.3 is 0 Å². The molecule has 2 aromatic rings. The van der Waals surface area contributed by atoms with Gasteiger partial charge in [-0.25, -0.2) is 8.78 Å². The highest BCUT2D eigenvalue weighted by Crippen LogP contribution is 2.18. The van der Waals surface area contributed by atoms with E-state index in [9.17, 15) is 8.78 Å². The van der Waals surface area contributed by atoms with Crippen molar-refractivity contribution in [1.82, 2.24) is 4.90 Å². The van der Waals surface area contributed by atoms with Gasteiger partial charge in [0.15, 0.2) is 0 Å². The van der Waals surface area contributed by atoms with Crippen LogP contribution in [0.3, 0.4) is 0 Å². The fourth-order valence-electron chi connectivity index (χ4n) is 2.13. The molecule has 3 nitrogen and oxygen atoms in total. The molecule has 2 rings (SSSR count). The Bertz CT molecular complexity index is 706. The molecule has 0 radical (unpaired) electrons. The first-order valence-corrected chi connectivity index (χ1v) is 6.85. The Morgan fingerprint density at radius 1 is 1.14 bits per heavy atom. The zero-order valence-corrected chi connectivity index (χ0v) is 12.5. The molecule has 0 fully saturated rings. The number of anilines is 1. The Labute approximate surface area is 128 Å². The molecule has 0 atom stereocenters. The molecule has 0 bridgehead atoms. The maximum absolute atomic E-state index is 14.0.